The average molecular weight is 169 g/mol. The highest BCUT2D eigenvalue weighted by molar-refractivity contribution is 5.84. The van der Waals surface area contributed by atoms with Crippen LogP contribution in [0.3, 0.4) is 0 Å². The number of amides is 1. The molecule has 0 aliphatic heterocycles. The van der Waals surface area contributed by atoms with Crippen LogP contribution in [0.5, 0.6) is 0 Å². The molecular weight excluding hydrogens is 157 g/mol. The fourth-order valence-corrected chi connectivity index (χ4v) is 1.23. The molecule has 2 atom stereocenters. The molecule has 1 rings (SSSR count). The lowest BCUT2D eigenvalue weighted by Gasteiger charge is -2.30. The quantitative estimate of drug-likeness (QED) is 0.635. The fourth-order valence-electron chi connectivity index (χ4n) is 1.23. The average Bonchev–Trinajstić information content (AvgIpc) is 1.99. The molecule has 0 saturated heterocycles. The van der Waals surface area contributed by atoms with Crippen molar-refractivity contribution in [3.8, 4) is 0 Å². The van der Waals surface area contributed by atoms with Gasteiger partial charge in [-0.2, -0.15) is 0 Å². The number of nitrogens with two attached hydrogens (primary N) is 1. The van der Waals surface area contributed by atoms with E-state index in [2.05, 4.69) is 0 Å². The molecule has 0 aromatic rings. The first-order valence-corrected chi connectivity index (χ1v) is 3.84. The van der Waals surface area contributed by atoms with Crippen LogP contribution in [0.4, 0.5) is 4.39 Å². The van der Waals surface area contributed by atoms with E-state index in [1.54, 1.807) is 19.1 Å². The van der Waals surface area contributed by atoms with Gasteiger partial charge in [-0.05, 0) is 18.9 Å². The maximum atomic E-state index is 13.2. The van der Waals surface area contributed by atoms with E-state index in [0.29, 0.717) is 0 Å². The number of carbonyl (C=O) groups is 1. The van der Waals surface area contributed by atoms with Gasteiger partial charge in [-0.25, -0.2) is 4.39 Å². The van der Waals surface area contributed by atoms with Crippen LogP contribution in [0.25, 0.3) is 0 Å². The Kier molecular flexibility index (Phi) is 2.04. The van der Waals surface area contributed by atoms with E-state index in [1.807, 2.05) is 0 Å². The Morgan fingerprint density at radius 2 is 2.33 bits per heavy atom. The van der Waals surface area contributed by atoms with Crippen LogP contribution in [0.15, 0.2) is 24.1 Å². The Balaban J connectivity index is 3.10. The van der Waals surface area contributed by atoms with Crippen molar-refractivity contribution in [1.29, 1.82) is 0 Å². The maximum Gasteiger partial charge on any atom is 0.230 e. The van der Waals surface area contributed by atoms with Gasteiger partial charge in [-0.3, -0.25) is 4.79 Å². The van der Waals surface area contributed by atoms with E-state index in [0.717, 1.165) is 0 Å². The van der Waals surface area contributed by atoms with Crippen molar-refractivity contribution < 1.29 is 9.18 Å². The van der Waals surface area contributed by atoms with Gasteiger partial charge in [0.05, 0.1) is 0 Å². The molecule has 1 amide bonds. The van der Waals surface area contributed by atoms with E-state index in [-0.39, 0.29) is 5.92 Å². The van der Waals surface area contributed by atoms with Gasteiger partial charge in [0.1, 0.15) is 11.2 Å². The molecule has 0 aromatic carbocycles. The molecule has 0 saturated carbocycles. The van der Waals surface area contributed by atoms with Crippen LogP contribution in [-0.4, -0.2) is 5.91 Å². The summed E-state index contributed by atoms with van der Waals surface area (Å²) < 4.78 is 13.2. The van der Waals surface area contributed by atoms with Crippen LogP contribution in [0, 0.1) is 11.3 Å². The van der Waals surface area contributed by atoms with E-state index in [1.165, 1.54) is 13.0 Å². The van der Waals surface area contributed by atoms with Crippen LogP contribution in [0.2, 0.25) is 0 Å². The summed E-state index contributed by atoms with van der Waals surface area (Å²) in [4.78, 5) is 11.0. The van der Waals surface area contributed by atoms with Gasteiger partial charge in [0.2, 0.25) is 5.91 Å². The maximum absolute atomic E-state index is 13.2. The summed E-state index contributed by atoms with van der Waals surface area (Å²) in [6.45, 7) is 3.29. The molecule has 2 N–H and O–H groups in total. The first kappa shape index (κ1) is 8.97. The Labute approximate surface area is 70.9 Å². The molecule has 0 spiro atoms. The molecule has 0 heterocycles. The molecular formula is C9H12FNO. The summed E-state index contributed by atoms with van der Waals surface area (Å²) in [6, 6.07) is 0. The molecule has 1 aliphatic carbocycles. The molecule has 1 aliphatic rings. The number of hydrogen-bond acceptors (Lipinski definition) is 1. The van der Waals surface area contributed by atoms with Gasteiger partial charge in [-0.15, -0.1) is 0 Å². The van der Waals surface area contributed by atoms with Crippen LogP contribution in [-0.2, 0) is 4.79 Å². The van der Waals surface area contributed by atoms with E-state index in [4.69, 9.17) is 5.73 Å². The number of allylic oxidation sites excluding steroid dienone is 3. The standard InChI is InChI=1S/C9H12FNO/c1-6-4-3-5-7(10)9(6,2)8(11)12/h3-6H,1-2H3,(H2,11,12). The lowest BCUT2D eigenvalue weighted by molar-refractivity contribution is -0.127. The van der Waals surface area contributed by atoms with Crippen molar-refractivity contribution in [1.82, 2.24) is 0 Å². The zero-order valence-corrected chi connectivity index (χ0v) is 7.17. The SMILES string of the molecule is CC1C=CC=C(F)C1(C)C(N)=O. The predicted molar refractivity (Wildman–Crippen MR) is 44.8 cm³/mol. The second kappa shape index (κ2) is 2.73. The van der Waals surface area contributed by atoms with Gasteiger partial charge in [0.15, 0.2) is 0 Å². The Bertz CT molecular complexity index is 270. The van der Waals surface area contributed by atoms with Crippen molar-refractivity contribution in [2.45, 2.75) is 13.8 Å². The lowest BCUT2D eigenvalue weighted by atomic mass is 9.74. The second-order valence-corrected chi connectivity index (χ2v) is 3.25. The zero-order chi connectivity index (χ0) is 9.35. The fraction of sp³-hybridized carbons (Fsp3) is 0.444. The van der Waals surface area contributed by atoms with E-state index >= 15 is 0 Å². The zero-order valence-electron chi connectivity index (χ0n) is 7.17. The summed E-state index contributed by atoms with van der Waals surface area (Å²) in [7, 11) is 0. The molecule has 66 valence electrons. The molecule has 12 heavy (non-hydrogen) atoms. The third-order valence-electron chi connectivity index (χ3n) is 2.56. The molecule has 0 radical (unpaired) electrons. The predicted octanol–water partition coefficient (Wildman–Crippen LogP) is 1.54. The smallest absolute Gasteiger partial charge is 0.230 e. The van der Waals surface area contributed by atoms with Gasteiger partial charge < -0.3 is 5.73 Å². The number of halogens is 1. The highest BCUT2D eigenvalue weighted by atomic mass is 19.1. The Morgan fingerprint density at radius 3 is 2.67 bits per heavy atom. The van der Waals surface area contributed by atoms with E-state index in [9.17, 15) is 9.18 Å². The molecule has 3 heteroatoms. The first-order valence-electron chi connectivity index (χ1n) is 3.84. The summed E-state index contributed by atoms with van der Waals surface area (Å²) in [5.74, 6) is -1.25. The minimum atomic E-state index is -1.16. The number of primary amides is 1. The summed E-state index contributed by atoms with van der Waals surface area (Å²) in [5.41, 5.74) is 3.97. The van der Waals surface area contributed by atoms with Crippen molar-refractivity contribution >= 4 is 5.91 Å². The van der Waals surface area contributed by atoms with Crippen LogP contribution >= 0.6 is 0 Å². The summed E-state index contributed by atoms with van der Waals surface area (Å²) in [6.07, 6.45) is 4.66. The third-order valence-corrected chi connectivity index (χ3v) is 2.56. The highest BCUT2D eigenvalue weighted by Crippen LogP contribution is 2.39. The monoisotopic (exact) mass is 169 g/mol. The highest BCUT2D eigenvalue weighted by Gasteiger charge is 2.41. The first-order chi connectivity index (χ1) is 5.49. The van der Waals surface area contributed by atoms with Gasteiger partial charge in [0.25, 0.3) is 0 Å². The number of hydrogen-bond donors (Lipinski definition) is 1. The number of rotatable bonds is 1. The topological polar surface area (TPSA) is 43.1 Å². The summed E-state index contributed by atoms with van der Waals surface area (Å²) >= 11 is 0. The van der Waals surface area contributed by atoms with Crippen molar-refractivity contribution in [3.05, 3.63) is 24.1 Å². The van der Waals surface area contributed by atoms with Crippen LogP contribution in [0.1, 0.15) is 13.8 Å². The Morgan fingerprint density at radius 1 is 1.75 bits per heavy atom. The van der Waals surface area contributed by atoms with Gasteiger partial charge in [0, 0.05) is 0 Å². The molecule has 2 unspecified atom stereocenters. The molecule has 2 nitrogen and oxygen atoms in total. The lowest BCUT2D eigenvalue weighted by Crippen LogP contribution is -2.40. The van der Waals surface area contributed by atoms with Crippen molar-refractivity contribution in [2.75, 3.05) is 0 Å². The molecule has 0 bridgehead atoms. The minimum Gasteiger partial charge on any atom is -0.369 e. The summed E-state index contributed by atoms with van der Waals surface area (Å²) in [5, 5.41) is 0. The van der Waals surface area contributed by atoms with Gasteiger partial charge in [-0.1, -0.05) is 19.1 Å². The van der Waals surface area contributed by atoms with E-state index < -0.39 is 17.1 Å². The third kappa shape index (κ3) is 1.05. The largest absolute Gasteiger partial charge is 0.369 e. The number of carbonyl (C=O) groups excluding carboxylic acids is 1. The molecule has 0 fully saturated rings. The van der Waals surface area contributed by atoms with Crippen molar-refractivity contribution in [2.24, 2.45) is 17.1 Å². The van der Waals surface area contributed by atoms with Gasteiger partial charge >= 0.3 is 0 Å². The van der Waals surface area contributed by atoms with Crippen molar-refractivity contribution in [3.63, 3.8) is 0 Å². The Hall–Kier alpha value is -1.12. The molecule has 0 aromatic heterocycles. The second-order valence-electron chi connectivity index (χ2n) is 3.25. The minimum absolute atomic E-state index is 0.181. The van der Waals surface area contributed by atoms with Crippen LogP contribution < -0.4 is 5.73 Å². The normalized spacial score (nSPS) is 34.6.